The maximum atomic E-state index is 11.9. The number of likely N-dealkylation sites (tertiary alicyclic amines) is 1. The van der Waals surface area contributed by atoms with Gasteiger partial charge in [-0.3, -0.25) is 9.59 Å². The lowest BCUT2D eigenvalue weighted by atomic mass is 9.97. The molecule has 0 unspecified atom stereocenters. The van der Waals surface area contributed by atoms with Crippen molar-refractivity contribution in [3.05, 3.63) is 0 Å². The molecule has 1 heterocycles. The third kappa shape index (κ3) is 3.51. The normalized spacial score (nSPS) is 22.9. The van der Waals surface area contributed by atoms with Crippen molar-refractivity contribution in [3.8, 4) is 0 Å². The second kappa shape index (κ2) is 5.87. The van der Waals surface area contributed by atoms with Crippen LogP contribution in [0.2, 0.25) is 0 Å². The van der Waals surface area contributed by atoms with E-state index in [0.29, 0.717) is 25.3 Å². The van der Waals surface area contributed by atoms with E-state index in [-0.39, 0.29) is 11.8 Å². The van der Waals surface area contributed by atoms with E-state index in [0.717, 1.165) is 19.4 Å². The molecule has 1 amide bonds. The molecule has 1 N–H and O–H groups in total. The zero-order valence-corrected chi connectivity index (χ0v) is 10.1. The minimum Gasteiger partial charge on any atom is -0.481 e. The summed E-state index contributed by atoms with van der Waals surface area (Å²) in [5, 5.41) is 8.93. The number of hydrogen-bond acceptors (Lipinski definition) is 2. The first-order chi connectivity index (χ1) is 7.54. The van der Waals surface area contributed by atoms with Crippen molar-refractivity contribution in [1.82, 2.24) is 4.90 Å². The van der Waals surface area contributed by atoms with Crippen LogP contribution in [0, 0.1) is 11.8 Å². The van der Waals surface area contributed by atoms with E-state index in [9.17, 15) is 9.59 Å². The molecule has 0 aromatic heterocycles. The van der Waals surface area contributed by atoms with Gasteiger partial charge >= 0.3 is 5.97 Å². The highest BCUT2D eigenvalue weighted by Crippen LogP contribution is 2.19. The van der Waals surface area contributed by atoms with Crippen molar-refractivity contribution in [3.63, 3.8) is 0 Å². The monoisotopic (exact) mass is 227 g/mol. The predicted molar refractivity (Wildman–Crippen MR) is 61.0 cm³/mol. The van der Waals surface area contributed by atoms with Crippen LogP contribution in [0.4, 0.5) is 0 Å². The highest BCUT2D eigenvalue weighted by atomic mass is 16.4. The van der Waals surface area contributed by atoms with Gasteiger partial charge < -0.3 is 10.0 Å². The van der Waals surface area contributed by atoms with Crippen LogP contribution >= 0.6 is 0 Å². The standard InChI is InChI=1S/C12H21NO3/c1-3-9(2)7-11(14)13-6-4-5-10(8-13)12(15)16/h9-10H,3-8H2,1-2H3,(H,15,16)/t9-,10-/m0/s1. The fraction of sp³-hybridized carbons (Fsp3) is 0.833. The predicted octanol–water partition coefficient (Wildman–Crippen LogP) is 1.75. The number of rotatable bonds is 4. The molecule has 1 saturated heterocycles. The summed E-state index contributed by atoms with van der Waals surface area (Å²) < 4.78 is 0. The van der Waals surface area contributed by atoms with Crippen molar-refractivity contribution in [2.75, 3.05) is 13.1 Å². The molecule has 0 aromatic rings. The molecule has 1 rings (SSSR count). The Morgan fingerprint density at radius 2 is 2.19 bits per heavy atom. The average Bonchev–Trinajstić information content (AvgIpc) is 2.28. The number of carbonyl (C=O) groups excluding carboxylic acids is 1. The van der Waals surface area contributed by atoms with Gasteiger partial charge in [0.05, 0.1) is 5.92 Å². The SMILES string of the molecule is CC[C@H](C)CC(=O)N1CCC[C@H](C(=O)O)C1. The van der Waals surface area contributed by atoms with Gasteiger partial charge in [0.2, 0.25) is 5.91 Å². The van der Waals surface area contributed by atoms with Gasteiger partial charge in [-0.2, -0.15) is 0 Å². The van der Waals surface area contributed by atoms with Crippen molar-refractivity contribution in [1.29, 1.82) is 0 Å². The fourth-order valence-corrected chi connectivity index (χ4v) is 1.98. The number of aliphatic carboxylic acids is 1. The minimum absolute atomic E-state index is 0.111. The molecule has 92 valence electrons. The zero-order valence-electron chi connectivity index (χ0n) is 10.1. The van der Waals surface area contributed by atoms with Crippen LogP contribution in [0.25, 0.3) is 0 Å². The molecular formula is C12H21NO3. The van der Waals surface area contributed by atoms with Crippen LogP contribution in [0.15, 0.2) is 0 Å². The summed E-state index contributed by atoms with van der Waals surface area (Å²) in [5.41, 5.74) is 0. The number of carboxylic acid groups (broad SMARTS) is 1. The molecule has 1 aliphatic rings. The molecule has 0 saturated carbocycles. The summed E-state index contributed by atoms with van der Waals surface area (Å²) in [6.45, 7) is 5.23. The van der Waals surface area contributed by atoms with Gasteiger partial charge in [0.25, 0.3) is 0 Å². The second-order valence-electron chi connectivity index (χ2n) is 4.73. The van der Waals surface area contributed by atoms with Gasteiger partial charge in [-0.1, -0.05) is 20.3 Å². The quantitative estimate of drug-likeness (QED) is 0.796. The molecule has 4 heteroatoms. The number of carbonyl (C=O) groups is 2. The third-order valence-electron chi connectivity index (χ3n) is 3.34. The van der Waals surface area contributed by atoms with Crippen molar-refractivity contribution in [2.24, 2.45) is 11.8 Å². The lowest BCUT2D eigenvalue weighted by molar-refractivity contribution is -0.145. The third-order valence-corrected chi connectivity index (χ3v) is 3.34. The van der Waals surface area contributed by atoms with Gasteiger partial charge in [-0.25, -0.2) is 0 Å². The fourth-order valence-electron chi connectivity index (χ4n) is 1.98. The maximum absolute atomic E-state index is 11.9. The van der Waals surface area contributed by atoms with Crippen LogP contribution in [0.5, 0.6) is 0 Å². The lowest BCUT2D eigenvalue weighted by Crippen LogP contribution is -2.42. The first-order valence-corrected chi connectivity index (χ1v) is 6.05. The Bertz CT molecular complexity index is 265. The zero-order chi connectivity index (χ0) is 12.1. The van der Waals surface area contributed by atoms with E-state index in [1.165, 1.54) is 0 Å². The summed E-state index contributed by atoms with van der Waals surface area (Å²) in [6.07, 6.45) is 3.04. The Balaban J connectivity index is 2.47. The number of carboxylic acids is 1. The summed E-state index contributed by atoms with van der Waals surface area (Å²) in [7, 11) is 0. The smallest absolute Gasteiger partial charge is 0.308 e. The molecule has 1 aliphatic heterocycles. The van der Waals surface area contributed by atoms with E-state index in [1.54, 1.807) is 4.90 Å². The van der Waals surface area contributed by atoms with Gasteiger partial charge in [-0.15, -0.1) is 0 Å². The number of hydrogen-bond donors (Lipinski definition) is 1. The molecule has 0 bridgehead atoms. The van der Waals surface area contributed by atoms with Crippen molar-refractivity contribution >= 4 is 11.9 Å². The Morgan fingerprint density at radius 3 is 2.75 bits per heavy atom. The largest absolute Gasteiger partial charge is 0.481 e. The first-order valence-electron chi connectivity index (χ1n) is 6.05. The van der Waals surface area contributed by atoms with Gasteiger partial charge in [-0.05, 0) is 18.8 Å². The summed E-state index contributed by atoms with van der Waals surface area (Å²) in [6, 6.07) is 0. The second-order valence-corrected chi connectivity index (χ2v) is 4.73. The van der Waals surface area contributed by atoms with E-state index in [2.05, 4.69) is 13.8 Å². The topological polar surface area (TPSA) is 57.6 Å². The van der Waals surface area contributed by atoms with E-state index in [4.69, 9.17) is 5.11 Å². The van der Waals surface area contributed by atoms with Crippen molar-refractivity contribution in [2.45, 2.75) is 39.5 Å². The Labute approximate surface area is 96.6 Å². The molecule has 16 heavy (non-hydrogen) atoms. The number of nitrogens with zero attached hydrogens (tertiary/aromatic N) is 1. The number of piperidine rings is 1. The summed E-state index contributed by atoms with van der Waals surface area (Å²) in [5.74, 6) is -0.645. The van der Waals surface area contributed by atoms with E-state index < -0.39 is 5.97 Å². The van der Waals surface area contributed by atoms with Crippen LogP contribution < -0.4 is 0 Å². The molecule has 2 atom stereocenters. The van der Waals surface area contributed by atoms with Crippen LogP contribution in [0.1, 0.15) is 39.5 Å². The van der Waals surface area contributed by atoms with Crippen LogP contribution in [-0.4, -0.2) is 35.0 Å². The Hall–Kier alpha value is -1.06. The molecule has 1 fully saturated rings. The van der Waals surface area contributed by atoms with Gasteiger partial charge in [0.15, 0.2) is 0 Å². The average molecular weight is 227 g/mol. The highest BCUT2D eigenvalue weighted by Gasteiger charge is 2.28. The molecule has 4 nitrogen and oxygen atoms in total. The van der Waals surface area contributed by atoms with Gasteiger partial charge in [0.1, 0.15) is 0 Å². The molecule has 0 aliphatic carbocycles. The number of amides is 1. The van der Waals surface area contributed by atoms with Gasteiger partial charge in [0, 0.05) is 19.5 Å². The Kier molecular flexibility index (Phi) is 4.77. The summed E-state index contributed by atoms with van der Waals surface area (Å²) in [4.78, 5) is 24.4. The summed E-state index contributed by atoms with van der Waals surface area (Å²) >= 11 is 0. The molecular weight excluding hydrogens is 206 g/mol. The molecule has 0 radical (unpaired) electrons. The molecule has 0 aromatic carbocycles. The van der Waals surface area contributed by atoms with E-state index in [1.807, 2.05) is 0 Å². The van der Waals surface area contributed by atoms with Crippen LogP contribution in [-0.2, 0) is 9.59 Å². The minimum atomic E-state index is -0.777. The highest BCUT2D eigenvalue weighted by molar-refractivity contribution is 5.78. The first kappa shape index (κ1) is 13.0. The van der Waals surface area contributed by atoms with Crippen LogP contribution in [0.3, 0.4) is 0 Å². The molecule has 0 spiro atoms. The van der Waals surface area contributed by atoms with Crippen molar-refractivity contribution < 1.29 is 14.7 Å². The van der Waals surface area contributed by atoms with E-state index >= 15 is 0 Å². The Morgan fingerprint density at radius 1 is 1.50 bits per heavy atom. The maximum Gasteiger partial charge on any atom is 0.308 e. The lowest BCUT2D eigenvalue weighted by Gasteiger charge is -2.31.